The second-order valence-electron chi connectivity index (χ2n) is 6.18. The fraction of sp³-hybridized carbons (Fsp3) is 0.130. The van der Waals surface area contributed by atoms with Crippen LogP contribution in [-0.4, -0.2) is 26.0 Å². The molecule has 2 aromatic carbocycles. The summed E-state index contributed by atoms with van der Waals surface area (Å²) in [6, 6.07) is 26.3. The van der Waals surface area contributed by atoms with E-state index in [2.05, 4.69) is 85.0 Å². The summed E-state index contributed by atoms with van der Waals surface area (Å²) < 4.78 is 10.2. The first-order valence-electron chi connectivity index (χ1n) is 8.80. The van der Waals surface area contributed by atoms with Crippen molar-refractivity contribution in [2.75, 3.05) is 5.75 Å². The number of thioether (sulfide) groups is 1. The number of furan rings is 1. The minimum atomic E-state index is -1.95. The first kappa shape index (κ1) is 17.8. The second-order valence-corrected chi connectivity index (χ2v) is 13.6. The first-order chi connectivity index (χ1) is 12.9. The summed E-state index contributed by atoms with van der Waals surface area (Å²) in [5.74, 6) is 3.66. The van der Waals surface area contributed by atoms with E-state index in [9.17, 15) is 0 Å². The summed E-state index contributed by atoms with van der Waals surface area (Å²) in [4.78, 5) is 0. The third-order valence-corrected chi connectivity index (χ3v) is 13.0. The van der Waals surface area contributed by atoms with E-state index in [0.717, 1.165) is 17.3 Å². The molecule has 0 saturated carbocycles. The average molecular weight is 467 g/mol. The van der Waals surface area contributed by atoms with Crippen LogP contribution in [0.5, 0.6) is 0 Å². The monoisotopic (exact) mass is 466 g/mol. The molecule has 1 atom stereocenters. The van der Waals surface area contributed by atoms with Gasteiger partial charge in [-0.3, -0.25) is 0 Å². The molecule has 130 valence electrons. The van der Waals surface area contributed by atoms with Gasteiger partial charge in [0, 0.05) is 0 Å². The predicted molar refractivity (Wildman–Crippen MR) is 113 cm³/mol. The molecule has 1 unspecified atom stereocenters. The van der Waals surface area contributed by atoms with E-state index in [4.69, 9.17) is 4.42 Å². The van der Waals surface area contributed by atoms with Crippen LogP contribution in [-0.2, 0) is 5.75 Å². The molecule has 0 N–H and O–H groups in total. The zero-order chi connectivity index (χ0) is 17.6. The van der Waals surface area contributed by atoms with Gasteiger partial charge in [0.05, 0.1) is 0 Å². The zero-order valence-corrected chi connectivity index (χ0v) is 17.9. The number of allylic oxidation sites excluding steroid dienone is 4. The van der Waals surface area contributed by atoms with Gasteiger partial charge in [-0.15, -0.1) is 0 Å². The van der Waals surface area contributed by atoms with Gasteiger partial charge < -0.3 is 0 Å². The molecule has 0 bridgehead atoms. The van der Waals surface area contributed by atoms with Crippen molar-refractivity contribution < 1.29 is 4.42 Å². The third-order valence-electron chi connectivity index (χ3n) is 4.40. The van der Waals surface area contributed by atoms with Crippen molar-refractivity contribution in [3.63, 3.8) is 0 Å². The summed E-state index contributed by atoms with van der Waals surface area (Å²) in [5, 5.41) is 0. The van der Waals surface area contributed by atoms with Crippen molar-refractivity contribution in [2.45, 2.75) is 5.75 Å². The van der Waals surface area contributed by atoms with Crippen molar-refractivity contribution in [3.8, 4) is 0 Å². The predicted octanol–water partition coefficient (Wildman–Crippen LogP) is 4.47. The standard InChI is InChI=1S/C11H11OS.2C6H5.Sb/c1-2-5-10(4-1)8-13-9-11-6-3-7-12-11;2*1-2-4-6-5-3-1;/h1-4,6-7,10H,8-9H2;2*1-5H;. The fourth-order valence-electron chi connectivity index (χ4n) is 3.17. The summed E-state index contributed by atoms with van der Waals surface area (Å²) >= 11 is 0.0129. The molecule has 1 aliphatic rings. The van der Waals surface area contributed by atoms with Crippen LogP contribution in [0.2, 0.25) is 0 Å². The van der Waals surface area contributed by atoms with Crippen LogP contribution in [0.25, 0.3) is 0 Å². The Morgan fingerprint density at radius 3 is 2.15 bits per heavy atom. The zero-order valence-electron chi connectivity index (χ0n) is 14.5. The molecule has 1 aliphatic carbocycles. The summed E-state index contributed by atoms with van der Waals surface area (Å²) in [6.07, 6.45) is 8.79. The van der Waals surface area contributed by atoms with Crippen LogP contribution in [0.15, 0.2) is 105 Å². The van der Waals surface area contributed by atoms with E-state index in [1.54, 1.807) is 9.78 Å². The normalized spacial score (nSPS) is 16.2. The van der Waals surface area contributed by atoms with Crippen molar-refractivity contribution >= 4 is 39.0 Å². The van der Waals surface area contributed by atoms with Crippen LogP contribution < -0.4 is 7.02 Å². The third kappa shape index (κ3) is 4.19. The Hall–Kier alpha value is -1.63. The molecular weight excluding hydrogens is 446 g/mol. The molecule has 0 saturated heterocycles. The first-order valence-corrected chi connectivity index (χ1v) is 13.8. The van der Waals surface area contributed by atoms with Gasteiger partial charge in [-0.2, -0.15) is 0 Å². The van der Waals surface area contributed by atoms with Crippen molar-refractivity contribution in [3.05, 3.63) is 107 Å². The van der Waals surface area contributed by atoms with Crippen molar-refractivity contribution in [1.82, 2.24) is 0 Å². The molecule has 4 rings (SSSR count). The van der Waals surface area contributed by atoms with Gasteiger partial charge in [-0.25, -0.2) is 0 Å². The van der Waals surface area contributed by atoms with Crippen molar-refractivity contribution in [2.24, 2.45) is 5.92 Å². The van der Waals surface area contributed by atoms with Gasteiger partial charge in [-0.05, 0) is 0 Å². The maximum atomic E-state index is 5.47. The fourth-order valence-corrected chi connectivity index (χ4v) is 11.9. The topological polar surface area (TPSA) is 13.1 Å². The summed E-state index contributed by atoms with van der Waals surface area (Å²) in [6.45, 7) is 0. The van der Waals surface area contributed by atoms with Crippen LogP contribution in [0.4, 0.5) is 0 Å². The number of hydrogen-bond donors (Lipinski definition) is 0. The molecule has 1 heterocycles. The van der Waals surface area contributed by atoms with E-state index >= 15 is 0 Å². The number of hydrogen-bond acceptors (Lipinski definition) is 2. The average Bonchev–Trinajstić information content (AvgIpc) is 3.37. The van der Waals surface area contributed by atoms with Gasteiger partial charge in [0.2, 0.25) is 0 Å². The Morgan fingerprint density at radius 2 is 1.54 bits per heavy atom. The van der Waals surface area contributed by atoms with E-state index in [0.29, 0.717) is 5.92 Å². The Kier molecular flexibility index (Phi) is 6.04. The van der Waals surface area contributed by atoms with Gasteiger partial charge in [0.25, 0.3) is 0 Å². The molecule has 3 aromatic rings. The molecular formula is C23H21OSSb. The molecule has 0 amide bonds. The van der Waals surface area contributed by atoms with Gasteiger partial charge in [-0.1, -0.05) is 0 Å². The van der Waals surface area contributed by atoms with Crippen LogP contribution in [0.3, 0.4) is 0 Å². The Balaban J connectivity index is 1.55. The molecule has 0 radical (unpaired) electrons. The SMILES string of the molecule is C1=CC(CSCc2ccco2)[C]([Sb]([c]2ccccc2)[c]2ccccc2)=C1. The Bertz CT molecular complexity index is 830. The van der Waals surface area contributed by atoms with E-state index in [1.165, 1.54) is 7.02 Å². The molecule has 0 aliphatic heterocycles. The van der Waals surface area contributed by atoms with Gasteiger partial charge >= 0.3 is 167 Å². The molecule has 26 heavy (non-hydrogen) atoms. The minimum absolute atomic E-state index is 0.540. The summed E-state index contributed by atoms with van der Waals surface area (Å²) in [7, 11) is 0. The quantitative estimate of drug-likeness (QED) is 0.476. The molecule has 3 heteroatoms. The van der Waals surface area contributed by atoms with Crippen molar-refractivity contribution in [1.29, 1.82) is 0 Å². The van der Waals surface area contributed by atoms with Gasteiger partial charge in [0.15, 0.2) is 0 Å². The molecule has 0 spiro atoms. The summed E-state index contributed by atoms with van der Waals surface area (Å²) in [5.41, 5.74) is 0. The van der Waals surface area contributed by atoms with Gasteiger partial charge in [0.1, 0.15) is 0 Å². The van der Waals surface area contributed by atoms with E-state index in [1.807, 2.05) is 17.8 Å². The van der Waals surface area contributed by atoms with Crippen LogP contribution >= 0.6 is 11.8 Å². The molecule has 0 fully saturated rings. The Morgan fingerprint density at radius 1 is 0.846 bits per heavy atom. The molecule has 1 nitrogen and oxygen atoms in total. The number of rotatable bonds is 7. The Labute approximate surface area is 166 Å². The maximum absolute atomic E-state index is 5.47. The van der Waals surface area contributed by atoms with E-state index in [-0.39, 0.29) is 0 Å². The molecule has 1 aromatic heterocycles. The van der Waals surface area contributed by atoms with Crippen LogP contribution in [0.1, 0.15) is 5.76 Å². The van der Waals surface area contributed by atoms with E-state index < -0.39 is 20.2 Å². The van der Waals surface area contributed by atoms with Crippen LogP contribution in [0, 0.1) is 5.92 Å². The second kappa shape index (κ2) is 8.84. The number of benzene rings is 2.